The highest BCUT2D eigenvalue weighted by atomic mass is 16.5. The minimum Gasteiger partial charge on any atom is -0.489 e. The highest BCUT2D eigenvalue weighted by Gasteiger charge is 2.01. The number of para-hydroxylation sites is 1. The fourth-order valence-electron chi connectivity index (χ4n) is 1.67. The number of hydrogen-bond donors (Lipinski definition) is 1. The average molecular weight is 228 g/mol. The minimum atomic E-state index is 0.488. The molecule has 0 aliphatic heterocycles. The van der Waals surface area contributed by atoms with Gasteiger partial charge in [0.2, 0.25) is 0 Å². The van der Waals surface area contributed by atoms with Crippen LogP contribution in [0, 0.1) is 6.92 Å². The molecule has 0 aliphatic rings. The van der Waals surface area contributed by atoms with Crippen molar-refractivity contribution in [1.82, 2.24) is 4.98 Å². The Morgan fingerprint density at radius 1 is 1.24 bits per heavy atom. The normalized spacial score (nSPS) is 10.2. The van der Waals surface area contributed by atoms with Crippen LogP contribution >= 0.6 is 0 Å². The van der Waals surface area contributed by atoms with E-state index in [-0.39, 0.29) is 0 Å². The van der Waals surface area contributed by atoms with E-state index in [0.29, 0.717) is 13.2 Å². The summed E-state index contributed by atoms with van der Waals surface area (Å²) in [5.41, 5.74) is 8.88. The zero-order valence-electron chi connectivity index (χ0n) is 9.89. The van der Waals surface area contributed by atoms with E-state index >= 15 is 0 Å². The van der Waals surface area contributed by atoms with Crippen molar-refractivity contribution >= 4 is 0 Å². The standard InChI is InChI=1S/C14H16N2O/c1-11-6-12(9-16-8-11)10-17-14-5-3-2-4-13(14)7-15/h2-6,8-9H,7,10,15H2,1H3. The van der Waals surface area contributed by atoms with E-state index in [9.17, 15) is 0 Å². The van der Waals surface area contributed by atoms with Gasteiger partial charge in [-0.05, 0) is 24.6 Å². The van der Waals surface area contributed by atoms with E-state index in [4.69, 9.17) is 10.5 Å². The van der Waals surface area contributed by atoms with Gasteiger partial charge in [0.05, 0.1) is 0 Å². The fraction of sp³-hybridized carbons (Fsp3) is 0.214. The second-order valence-electron chi connectivity index (χ2n) is 3.97. The van der Waals surface area contributed by atoms with Crippen molar-refractivity contribution < 1.29 is 4.74 Å². The Bertz CT molecular complexity index is 497. The molecule has 1 heterocycles. The number of benzene rings is 1. The monoisotopic (exact) mass is 228 g/mol. The van der Waals surface area contributed by atoms with E-state index in [1.165, 1.54) is 0 Å². The molecule has 1 aromatic heterocycles. The first-order chi connectivity index (χ1) is 8.29. The van der Waals surface area contributed by atoms with Crippen LogP contribution in [0.5, 0.6) is 5.75 Å². The number of nitrogens with zero attached hydrogens (tertiary/aromatic N) is 1. The van der Waals surface area contributed by atoms with Gasteiger partial charge in [0.15, 0.2) is 0 Å². The van der Waals surface area contributed by atoms with Crippen LogP contribution in [-0.2, 0) is 13.2 Å². The van der Waals surface area contributed by atoms with Crippen LogP contribution in [0.1, 0.15) is 16.7 Å². The van der Waals surface area contributed by atoms with Gasteiger partial charge in [-0.3, -0.25) is 4.98 Å². The van der Waals surface area contributed by atoms with Crippen molar-refractivity contribution in [3.63, 3.8) is 0 Å². The van der Waals surface area contributed by atoms with E-state index in [0.717, 1.165) is 22.4 Å². The SMILES string of the molecule is Cc1cncc(COc2ccccc2CN)c1. The molecular formula is C14H16N2O. The lowest BCUT2D eigenvalue weighted by molar-refractivity contribution is 0.302. The first-order valence-electron chi connectivity index (χ1n) is 5.61. The fourth-order valence-corrected chi connectivity index (χ4v) is 1.67. The molecule has 0 spiro atoms. The Hall–Kier alpha value is -1.87. The quantitative estimate of drug-likeness (QED) is 0.874. The van der Waals surface area contributed by atoms with Crippen molar-refractivity contribution in [3.8, 4) is 5.75 Å². The molecule has 2 aromatic rings. The van der Waals surface area contributed by atoms with E-state index in [1.54, 1.807) is 0 Å². The molecule has 0 fully saturated rings. The van der Waals surface area contributed by atoms with Crippen molar-refractivity contribution in [1.29, 1.82) is 0 Å². The molecule has 0 amide bonds. The predicted octanol–water partition coefficient (Wildman–Crippen LogP) is 2.43. The molecule has 2 rings (SSSR count). The number of rotatable bonds is 4. The summed E-state index contributed by atoms with van der Waals surface area (Å²) in [6, 6.07) is 9.89. The zero-order chi connectivity index (χ0) is 12.1. The number of hydrogen-bond acceptors (Lipinski definition) is 3. The number of aromatic nitrogens is 1. The van der Waals surface area contributed by atoms with Gasteiger partial charge in [-0.1, -0.05) is 18.2 Å². The van der Waals surface area contributed by atoms with Crippen molar-refractivity contribution in [2.24, 2.45) is 5.73 Å². The summed E-state index contributed by atoms with van der Waals surface area (Å²) in [5.74, 6) is 0.844. The zero-order valence-corrected chi connectivity index (χ0v) is 9.89. The van der Waals surface area contributed by atoms with Gasteiger partial charge in [-0.15, -0.1) is 0 Å². The van der Waals surface area contributed by atoms with Gasteiger partial charge < -0.3 is 10.5 Å². The van der Waals surface area contributed by atoms with Crippen LogP contribution in [-0.4, -0.2) is 4.98 Å². The summed E-state index contributed by atoms with van der Waals surface area (Å²) < 4.78 is 5.75. The third-order valence-corrected chi connectivity index (χ3v) is 2.52. The molecule has 88 valence electrons. The van der Waals surface area contributed by atoms with Crippen LogP contribution in [0.25, 0.3) is 0 Å². The maximum Gasteiger partial charge on any atom is 0.124 e. The summed E-state index contributed by atoms with van der Waals surface area (Å²) in [6.45, 7) is 3.03. The summed E-state index contributed by atoms with van der Waals surface area (Å²) in [7, 11) is 0. The predicted molar refractivity (Wildman–Crippen MR) is 67.6 cm³/mol. The molecule has 17 heavy (non-hydrogen) atoms. The molecule has 2 N–H and O–H groups in total. The molecule has 1 aromatic carbocycles. The Balaban J connectivity index is 2.07. The Kier molecular flexibility index (Phi) is 3.73. The number of ether oxygens (including phenoxy) is 1. The van der Waals surface area contributed by atoms with Crippen molar-refractivity contribution in [2.75, 3.05) is 0 Å². The molecule has 3 heteroatoms. The third kappa shape index (κ3) is 3.04. The Labute approximate surface area is 101 Å². The Morgan fingerprint density at radius 3 is 2.82 bits per heavy atom. The molecule has 0 aliphatic carbocycles. The van der Waals surface area contributed by atoms with E-state index in [1.807, 2.05) is 43.6 Å². The van der Waals surface area contributed by atoms with Gasteiger partial charge in [0, 0.05) is 30.1 Å². The largest absolute Gasteiger partial charge is 0.489 e. The number of aryl methyl sites for hydroxylation is 1. The minimum absolute atomic E-state index is 0.488. The molecule has 0 atom stereocenters. The lowest BCUT2D eigenvalue weighted by Crippen LogP contribution is -2.02. The van der Waals surface area contributed by atoms with Gasteiger partial charge in [0.25, 0.3) is 0 Å². The van der Waals surface area contributed by atoms with Crippen LogP contribution in [0.3, 0.4) is 0 Å². The molecule has 0 unspecified atom stereocenters. The van der Waals surface area contributed by atoms with E-state index in [2.05, 4.69) is 11.1 Å². The molecule has 3 nitrogen and oxygen atoms in total. The van der Waals surface area contributed by atoms with Gasteiger partial charge in [-0.25, -0.2) is 0 Å². The molecule has 0 saturated carbocycles. The second kappa shape index (κ2) is 5.46. The lowest BCUT2D eigenvalue weighted by Gasteiger charge is -2.10. The molecular weight excluding hydrogens is 212 g/mol. The summed E-state index contributed by atoms with van der Waals surface area (Å²) >= 11 is 0. The first kappa shape index (κ1) is 11.6. The van der Waals surface area contributed by atoms with Crippen LogP contribution in [0.2, 0.25) is 0 Å². The average Bonchev–Trinajstić information content (AvgIpc) is 2.37. The smallest absolute Gasteiger partial charge is 0.124 e. The maximum absolute atomic E-state index is 5.75. The Morgan fingerprint density at radius 2 is 2.06 bits per heavy atom. The highest BCUT2D eigenvalue weighted by molar-refractivity contribution is 5.33. The third-order valence-electron chi connectivity index (χ3n) is 2.52. The molecule has 0 radical (unpaired) electrons. The van der Waals surface area contributed by atoms with Crippen LogP contribution in [0.4, 0.5) is 0 Å². The highest BCUT2D eigenvalue weighted by Crippen LogP contribution is 2.18. The summed E-state index contributed by atoms with van der Waals surface area (Å²) in [4.78, 5) is 4.13. The number of pyridine rings is 1. The second-order valence-corrected chi connectivity index (χ2v) is 3.97. The van der Waals surface area contributed by atoms with Crippen molar-refractivity contribution in [3.05, 3.63) is 59.4 Å². The van der Waals surface area contributed by atoms with Crippen LogP contribution < -0.4 is 10.5 Å². The number of nitrogens with two attached hydrogens (primary N) is 1. The topological polar surface area (TPSA) is 48.1 Å². The van der Waals surface area contributed by atoms with Gasteiger partial charge in [0.1, 0.15) is 12.4 Å². The molecule has 0 saturated heterocycles. The van der Waals surface area contributed by atoms with Crippen LogP contribution in [0.15, 0.2) is 42.7 Å². The van der Waals surface area contributed by atoms with E-state index < -0.39 is 0 Å². The maximum atomic E-state index is 5.75. The lowest BCUT2D eigenvalue weighted by atomic mass is 10.2. The molecule has 0 bridgehead atoms. The first-order valence-corrected chi connectivity index (χ1v) is 5.61. The van der Waals surface area contributed by atoms with Gasteiger partial charge in [-0.2, -0.15) is 0 Å². The van der Waals surface area contributed by atoms with Gasteiger partial charge >= 0.3 is 0 Å². The summed E-state index contributed by atoms with van der Waals surface area (Å²) in [6.07, 6.45) is 3.65. The van der Waals surface area contributed by atoms with Crippen molar-refractivity contribution in [2.45, 2.75) is 20.1 Å². The summed E-state index contributed by atoms with van der Waals surface area (Å²) in [5, 5.41) is 0.